The minimum absolute atomic E-state index is 0.0125. The fraction of sp³-hybridized carbons (Fsp3) is 0.593. The lowest BCUT2D eigenvalue weighted by Gasteiger charge is -2.28. The molecule has 13 heteroatoms. The van der Waals surface area contributed by atoms with E-state index >= 15 is 0 Å². The van der Waals surface area contributed by atoms with Crippen LogP contribution in [0.5, 0.6) is 5.75 Å². The Bertz CT molecular complexity index is 1260. The Morgan fingerprint density at radius 2 is 1.80 bits per heavy atom. The van der Waals surface area contributed by atoms with Crippen molar-refractivity contribution in [3.05, 3.63) is 29.4 Å². The van der Waals surface area contributed by atoms with Gasteiger partial charge in [-0.3, -0.25) is 0 Å². The van der Waals surface area contributed by atoms with E-state index in [9.17, 15) is 18.0 Å². The molecular weight excluding hydrogens is 556 g/mol. The zero-order valence-corrected chi connectivity index (χ0v) is 25.5. The van der Waals surface area contributed by atoms with Crippen LogP contribution >= 0.6 is 11.3 Å². The number of benzene rings is 1. The lowest BCUT2D eigenvalue weighted by molar-refractivity contribution is 0.109. The number of nitrogens with zero attached hydrogens (tertiary/aromatic N) is 1. The highest BCUT2D eigenvalue weighted by molar-refractivity contribution is 7.89. The van der Waals surface area contributed by atoms with Crippen LogP contribution in [-0.2, 0) is 19.5 Å². The van der Waals surface area contributed by atoms with Crippen LogP contribution in [0.2, 0.25) is 0 Å². The highest BCUT2D eigenvalue weighted by Gasteiger charge is 2.29. The molecule has 1 saturated carbocycles. The molecule has 0 bridgehead atoms. The molecule has 1 fully saturated rings. The van der Waals surface area contributed by atoms with Crippen molar-refractivity contribution in [1.82, 2.24) is 20.3 Å². The summed E-state index contributed by atoms with van der Waals surface area (Å²) in [6.45, 7) is 9.04. The quantitative estimate of drug-likeness (QED) is 0.332. The molecule has 0 radical (unpaired) electrons. The third kappa shape index (κ3) is 9.34. The summed E-state index contributed by atoms with van der Waals surface area (Å²) in [5, 5.41) is 6.23. The van der Waals surface area contributed by atoms with E-state index in [1.165, 1.54) is 24.5 Å². The van der Waals surface area contributed by atoms with E-state index in [1.807, 2.05) is 13.8 Å². The van der Waals surface area contributed by atoms with Gasteiger partial charge in [0, 0.05) is 42.4 Å². The number of rotatable bonds is 10. The zero-order valence-electron chi connectivity index (χ0n) is 23.9. The van der Waals surface area contributed by atoms with E-state index in [2.05, 4.69) is 20.3 Å². The number of hydrogen-bond donors (Lipinski definition) is 3. The van der Waals surface area contributed by atoms with Crippen molar-refractivity contribution in [3.63, 3.8) is 0 Å². The van der Waals surface area contributed by atoms with Crippen molar-refractivity contribution in [3.8, 4) is 16.2 Å². The van der Waals surface area contributed by atoms with E-state index in [4.69, 9.17) is 14.2 Å². The molecule has 1 heterocycles. The van der Waals surface area contributed by atoms with Crippen LogP contribution in [0.3, 0.4) is 0 Å². The maximum atomic E-state index is 13.4. The Balaban J connectivity index is 1.77. The average Bonchev–Trinajstić information content (AvgIpc) is 3.35. The van der Waals surface area contributed by atoms with Gasteiger partial charge in [0.15, 0.2) is 0 Å². The van der Waals surface area contributed by atoms with Crippen LogP contribution in [-0.4, -0.2) is 63.5 Å². The maximum Gasteiger partial charge on any atom is 0.407 e. The third-order valence-electron chi connectivity index (χ3n) is 6.00. The van der Waals surface area contributed by atoms with Crippen molar-refractivity contribution in [2.75, 3.05) is 20.3 Å². The Morgan fingerprint density at radius 1 is 1.10 bits per heavy atom. The number of carbonyl (C=O) groups is 2. The van der Waals surface area contributed by atoms with Crippen LogP contribution in [0, 0.1) is 0 Å². The molecule has 1 aromatic carbocycles. The first kappa shape index (κ1) is 31.6. The molecule has 1 aliphatic rings. The summed E-state index contributed by atoms with van der Waals surface area (Å²) in [6, 6.07) is 4.95. The van der Waals surface area contributed by atoms with Crippen molar-refractivity contribution in [1.29, 1.82) is 0 Å². The lowest BCUT2D eigenvalue weighted by atomic mass is 9.86. The van der Waals surface area contributed by atoms with E-state index < -0.39 is 21.7 Å². The first-order chi connectivity index (χ1) is 18.8. The van der Waals surface area contributed by atoms with E-state index in [0.717, 1.165) is 35.6 Å². The Hall–Kier alpha value is -2.90. The molecular formula is C27H40N4O7S2. The smallest absolute Gasteiger partial charge is 0.407 e. The summed E-state index contributed by atoms with van der Waals surface area (Å²) < 4.78 is 45.4. The van der Waals surface area contributed by atoms with Gasteiger partial charge in [-0.2, -0.15) is 0 Å². The second-order valence-electron chi connectivity index (χ2n) is 11.0. The van der Waals surface area contributed by atoms with Gasteiger partial charge in [-0.25, -0.2) is 27.7 Å². The number of sulfonamides is 1. The number of carbonyl (C=O) groups excluding carboxylic acids is 2. The Labute approximate surface area is 240 Å². The fourth-order valence-corrected chi connectivity index (χ4v) is 7.19. The molecule has 3 rings (SSSR count). The highest BCUT2D eigenvalue weighted by Crippen LogP contribution is 2.40. The number of ether oxygens (including phenoxy) is 3. The summed E-state index contributed by atoms with van der Waals surface area (Å²) >= 11 is 1.48. The van der Waals surface area contributed by atoms with E-state index in [0.29, 0.717) is 11.3 Å². The van der Waals surface area contributed by atoms with Crippen LogP contribution in [0.25, 0.3) is 10.4 Å². The number of hydrogen-bond acceptors (Lipinski definition) is 9. The van der Waals surface area contributed by atoms with Crippen LogP contribution in [0.15, 0.2) is 29.3 Å². The minimum atomic E-state index is -3.91. The Morgan fingerprint density at radius 3 is 2.42 bits per heavy atom. The predicted octanol–water partition coefficient (Wildman–Crippen LogP) is 4.78. The van der Waals surface area contributed by atoms with Gasteiger partial charge in [-0.05, 0) is 72.4 Å². The van der Waals surface area contributed by atoms with Gasteiger partial charge in [0.2, 0.25) is 10.0 Å². The molecule has 1 aliphatic carbocycles. The summed E-state index contributed by atoms with van der Waals surface area (Å²) in [7, 11) is -2.45. The van der Waals surface area contributed by atoms with Crippen molar-refractivity contribution >= 4 is 33.5 Å². The normalized spacial score (nSPS) is 17.8. The fourth-order valence-electron chi connectivity index (χ4n) is 4.34. The number of amides is 2. The van der Waals surface area contributed by atoms with Gasteiger partial charge >= 0.3 is 12.2 Å². The molecule has 0 atom stereocenters. The highest BCUT2D eigenvalue weighted by atomic mass is 32.2. The molecule has 222 valence electrons. The standard InChI is InChI=1S/C27H40N4O7S2/c1-17(2)38-26(33)30-19-9-7-18(8-10-19)24-29-16-22(39-24)21-12-11-20(36-13-14-37-25(32)28-6)15-23(21)40(34,35)31-27(3,4)5/h11-12,15-19,31H,7-10,13-14H2,1-6H3,(H,28,32)(H,30,33). The Kier molecular flexibility index (Phi) is 10.8. The van der Waals surface area contributed by atoms with Crippen LogP contribution in [0.4, 0.5) is 9.59 Å². The number of nitrogens with one attached hydrogen (secondary N) is 3. The second-order valence-corrected chi connectivity index (χ2v) is 13.7. The first-order valence-corrected chi connectivity index (χ1v) is 15.7. The number of thiazole rings is 1. The van der Waals surface area contributed by atoms with E-state index in [-0.39, 0.29) is 42.3 Å². The molecule has 11 nitrogen and oxygen atoms in total. The SMILES string of the molecule is CNC(=O)OCCOc1ccc(-c2cnc(C3CCC(NC(=O)OC(C)C)CC3)s2)c(S(=O)(=O)NC(C)(C)C)c1. The molecule has 0 spiro atoms. The van der Waals surface area contributed by atoms with Crippen LogP contribution in [0.1, 0.15) is 71.2 Å². The van der Waals surface area contributed by atoms with Gasteiger partial charge in [0.25, 0.3) is 0 Å². The lowest BCUT2D eigenvalue weighted by Crippen LogP contribution is -2.40. The minimum Gasteiger partial charge on any atom is -0.490 e. The monoisotopic (exact) mass is 596 g/mol. The summed E-state index contributed by atoms with van der Waals surface area (Å²) in [5.74, 6) is 0.568. The van der Waals surface area contributed by atoms with Crippen molar-refractivity contribution in [2.45, 2.75) is 88.8 Å². The molecule has 0 saturated heterocycles. The van der Waals surface area contributed by atoms with Crippen molar-refractivity contribution in [2.24, 2.45) is 0 Å². The number of alkyl carbamates (subject to hydrolysis) is 2. The van der Waals surface area contributed by atoms with Gasteiger partial charge in [-0.15, -0.1) is 11.3 Å². The van der Waals surface area contributed by atoms with Gasteiger partial charge in [-0.1, -0.05) is 0 Å². The predicted molar refractivity (Wildman–Crippen MR) is 153 cm³/mol. The number of aromatic nitrogens is 1. The molecule has 40 heavy (non-hydrogen) atoms. The summed E-state index contributed by atoms with van der Waals surface area (Å²) in [5.41, 5.74) is -0.164. The summed E-state index contributed by atoms with van der Waals surface area (Å²) in [4.78, 5) is 28.7. The zero-order chi connectivity index (χ0) is 29.5. The van der Waals surface area contributed by atoms with Crippen LogP contribution < -0.4 is 20.1 Å². The van der Waals surface area contributed by atoms with Crippen molar-refractivity contribution < 1.29 is 32.2 Å². The third-order valence-corrected chi connectivity index (χ3v) is 8.99. The van der Waals surface area contributed by atoms with Gasteiger partial charge in [0.05, 0.1) is 20.9 Å². The molecule has 0 aliphatic heterocycles. The van der Waals surface area contributed by atoms with E-state index in [1.54, 1.807) is 39.1 Å². The first-order valence-electron chi connectivity index (χ1n) is 13.4. The maximum absolute atomic E-state index is 13.4. The molecule has 2 aromatic rings. The van der Waals surface area contributed by atoms with Gasteiger partial charge in [0.1, 0.15) is 19.0 Å². The topological polar surface area (TPSA) is 145 Å². The largest absolute Gasteiger partial charge is 0.490 e. The van der Waals surface area contributed by atoms with Gasteiger partial charge < -0.3 is 24.8 Å². The molecule has 0 unspecified atom stereocenters. The molecule has 1 aromatic heterocycles. The average molecular weight is 597 g/mol. The second kappa shape index (κ2) is 13.6. The summed E-state index contributed by atoms with van der Waals surface area (Å²) in [6.07, 6.45) is 3.95. The molecule has 3 N–H and O–H groups in total. The molecule has 2 amide bonds.